The summed E-state index contributed by atoms with van der Waals surface area (Å²) in [5, 5.41) is 7.06. The summed E-state index contributed by atoms with van der Waals surface area (Å²) in [5.41, 5.74) is 2.67. The first-order chi connectivity index (χ1) is 17.0. The smallest absolute Gasteiger partial charge is 0.251 e. The fourth-order valence-electron chi connectivity index (χ4n) is 4.00. The summed E-state index contributed by atoms with van der Waals surface area (Å²) in [4.78, 5) is 34.5. The molecule has 8 nitrogen and oxygen atoms in total. The predicted molar refractivity (Wildman–Crippen MR) is 137 cm³/mol. The van der Waals surface area contributed by atoms with Gasteiger partial charge in [-0.25, -0.2) is 0 Å². The van der Waals surface area contributed by atoms with Gasteiger partial charge in [-0.15, -0.1) is 0 Å². The SMILES string of the molecule is CSCCC(NC(=O)c1ccccc1)C(=O)N1CCN(Cc2nc(-c3ccc(C)cc3)no2)CC1. The van der Waals surface area contributed by atoms with Crippen molar-refractivity contribution in [1.29, 1.82) is 0 Å². The van der Waals surface area contributed by atoms with E-state index >= 15 is 0 Å². The average Bonchev–Trinajstić information content (AvgIpc) is 3.36. The van der Waals surface area contributed by atoms with E-state index in [1.807, 2.05) is 60.5 Å². The van der Waals surface area contributed by atoms with Crippen molar-refractivity contribution in [3.05, 3.63) is 71.6 Å². The zero-order valence-electron chi connectivity index (χ0n) is 20.1. The molecule has 1 atom stereocenters. The fraction of sp³-hybridized carbons (Fsp3) is 0.385. The number of amides is 2. The van der Waals surface area contributed by atoms with Crippen molar-refractivity contribution in [3.63, 3.8) is 0 Å². The molecule has 1 N–H and O–H groups in total. The van der Waals surface area contributed by atoms with Gasteiger partial charge in [0.1, 0.15) is 6.04 Å². The third-order valence-electron chi connectivity index (χ3n) is 6.07. The summed E-state index contributed by atoms with van der Waals surface area (Å²) in [6, 6.07) is 16.5. The molecule has 1 aliphatic heterocycles. The number of carbonyl (C=O) groups excluding carboxylic acids is 2. The van der Waals surface area contributed by atoms with Gasteiger partial charge in [0.2, 0.25) is 17.6 Å². The van der Waals surface area contributed by atoms with Gasteiger partial charge >= 0.3 is 0 Å². The van der Waals surface area contributed by atoms with Gasteiger partial charge < -0.3 is 14.7 Å². The number of aryl methyl sites for hydroxylation is 1. The van der Waals surface area contributed by atoms with Crippen LogP contribution in [-0.2, 0) is 11.3 Å². The molecule has 1 aliphatic rings. The Hall–Kier alpha value is -3.17. The van der Waals surface area contributed by atoms with Gasteiger partial charge in [-0.05, 0) is 37.5 Å². The van der Waals surface area contributed by atoms with Crippen LogP contribution in [0, 0.1) is 6.92 Å². The minimum Gasteiger partial charge on any atom is -0.340 e. The van der Waals surface area contributed by atoms with Crippen LogP contribution < -0.4 is 5.32 Å². The molecule has 1 aromatic heterocycles. The summed E-state index contributed by atoms with van der Waals surface area (Å²) in [7, 11) is 0. The molecule has 2 aromatic carbocycles. The Bertz CT molecular complexity index is 1110. The molecule has 0 bridgehead atoms. The highest BCUT2D eigenvalue weighted by Gasteiger charge is 2.29. The Morgan fingerprint density at radius 1 is 1.06 bits per heavy atom. The van der Waals surface area contributed by atoms with Gasteiger partial charge in [-0.3, -0.25) is 14.5 Å². The standard InChI is InChI=1S/C26H31N5O3S/c1-19-8-10-20(11-9-19)24-28-23(34-29-24)18-30-13-15-31(16-14-30)26(33)22(12-17-35-2)27-25(32)21-6-4-3-5-7-21/h3-11,22H,12-18H2,1-2H3,(H,27,32). The molecular formula is C26H31N5O3S. The molecule has 0 spiro atoms. The van der Waals surface area contributed by atoms with Crippen LogP contribution in [0.25, 0.3) is 11.4 Å². The lowest BCUT2D eigenvalue weighted by Crippen LogP contribution is -2.55. The molecule has 1 saturated heterocycles. The van der Waals surface area contributed by atoms with Crippen molar-refractivity contribution in [2.45, 2.75) is 25.9 Å². The molecule has 1 fully saturated rings. The number of piperazine rings is 1. The van der Waals surface area contributed by atoms with E-state index in [1.54, 1.807) is 23.9 Å². The summed E-state index contributed by atoms with van der Waals surface area (Å²) >= 11 is 1.67. The van der Waals surface area contributed by atoms with Crippen molar-refractivity contribution < 1.29 is 14.1 Å². The molecule has 35 heavy (non-hydrogen) atoms. The normalized spacial score (nSPS) is 15.1. The highest BCUT2D eigenvalue weighted by Crippen LogP contribution is 2.18. The molecule has 0 saturated carbocycles. The number of hydrogen-bond donors (Lipinski definition) is 1. The molecule has 2 heterocycles. The van der Waals surface area contributed by atoms with E-state index < -0.39 is 6.04 Å². The second-order valence-corrected chi connectivity index (χ2v) is 9.64. The first-order valence-electron chi connectivity index (χ1n) is 11.8. The second-order valence-electron chi connectivity index (χ2n) is 8.65. The monoisotopic (exact) mass is 493 g/mol. The Labute approximate surface area is 210 Å². The van der Waals surface area contributed by atoms with E-state index in [1.165, 1.54) is 5.56 Å². The first-order valence-corrected chi connectivity index (χ1v) is 13.2. The zero-order valence-corrected chi connectivity index (χ0v) is 21.0. The molecule has 184 valence electrons. The van der Waals surface area contributed by atoms with Crippen LogP contribution in [-0.4, -0.2) is 76.0 Å². The Morgan fingerprint density at radius 2 is 1.77 bits per heavy atom. The Morgan fingerprint density at radius 3 is 2.46 bits per heavy atom. The Kier molecular flexibility index (Phi) is 8.54. The van der Waals surface area contributed by atoms with Crippen LogP contribution in [0.5, 0.6) is 0 Å². The molecule has 1 unspecified atom stereocenters. The minimum atomic E-state index is -0.533. The lowest BCUT2D eigenvalue weighted by atomic mass is 10.1. The van der Waals surface area contributed by atoms with E-state index in [4.69, 9.17) is 4.52 Å². The number of hydrogen-bond acceptors (Lipinski definition) is 7. The van der Waals surface area contributed by atoms with Gasteiger partial charge in [0.25, 0.3) is 5.91 Å². The van der Waals surface area contributed by atoms with E-state index in [2.05, 4.69) is 20.4 Å². The van der Waals surface area contributed by atoms with Crippen LogP contribution in [0.1, 0.15) is 28.2 Å². The highest BCUT2D eigenvalue weighted by atomic mass is 32.2. The van der Waals surface area contributed by atoms with Crippen LogP contribution in [0.2, 0.25) is 0 Å². The number of benzene rings is 2. The summed E-state index contributed by atoms with van der Waals surface area (Å²) in [6.45, 7) is 5.18. The number of nitrogens with one attached hydrogen (secondary N) is 1. The third kappa shape index (κ3) is 6.70. The van der Waals surface area contributed by atoms with Crippen LogP contribution in [0.15, 0.2) is 59.1 Å². The second kappa shape index (κ2) is 12.0. The van der Waals surface area contributed by atoms with E-state index in [9.17, 15) is 9.59 Å². The van der Waals surface area contributed by atoms with Gasteiger partial charge in [0.15, 0.2) is 0 Å². The van der Waals surface area contributed by atoms with Crippen LogP contribution in [0.4, 0.5) is 0 Å². The average molecular weight is 494 g/mol. The minimum absolute atomic E-state index is 0.0255. The maximum absolute atomic E-state index is 13.3. The van der Waals surface area contributed by atoms with E-state index in [0.29, 0.717) is 56.4 Å². The van der Waals surface area contributed by atoms with Crippen LogP contribution >= 0.6 is 11.8 Å². The van der Waals surface area contributed by atoms with Gasteiger partial charge in [-0.2, -0.15) is 16.7 Å². The Balaban J connectivity index is 1.31. The van der Waals surface area contributed by atoms with E-state index in [-0.39, 0.29) is 11.8 Å². The topological polar surface area (TPSA) is 91.6 Å². The van der Waals surface area contributed by atoms with Gasteiger partial charge in [0, 0.05) is 37.3 Å². The maximum atomic E-state index is 13.3. The van der Waals surface area contributed by atoms with Gasteiger partial charge in [-0.1, -0.05) is 53.2 Å². The molecule has 2 amide bonds. The number of thioether (sulfide) groups is 1. The van der Waals surface area contributed by atoms with Crippen molar-refractivity contribution in [2.24, 2.45) is 0 Å². The highest BCUT2D eigenvalue weighted by molar-refractivity contribution is 7.98. The number of aromatic nitrogens is 2. The number of rotatable bonds is 9. The van der Waals surface area contributed by atoms with Crippen molar-refractivity contribution in [1.82, 2.24) is 25.3 Å². The van der Waals surface area contributed by atoms with Crippen molar-refractivity contribution in [3.8, 4) is 11.4 Å². The summed E-state index contributed by atoms with van der Waals surface area (Å²) in [5.74, 6) is 1.70. The number of nitrogens with zero attached hydrogens (tertiary/aromatic N) is 4. The lowest BCUT2D eigenvalue weighted by Gasteiger charge is -2.36. The molecule has 4 rings (SSSR count). The largest absolute Gasteiger partial charge is 0.340 e. The predicted octanol–water partition coefficient (Wildman–Crippen LogP) is 3.24. The maximum Gasteiger partial charge on any atom is 0.251 e. The molecular weight excluding hydrogens is 462 g/mol. The zero-order chi connectivity index (χ0) is 24.6. The number of carbonyl (C=O) groups is 2. The van der Waals surface area contributed by atoms with Crippen molar-refractivity contribution in [2.75, 3.05) is 38.2 Å². The molecule has 0 radical (unpaired) electrons. The quantitative estimate of drug-likeness (QED) is 0.489. The molecule has 3 aromatic rings. The molecule has 0 aliphatic carbocycles. The molecule has 9 heteroatoms. The van der Waals surface area contributed by atoms with Crippen molar-refractivity contribution >= 4 is 23.6 Å². The lowest BCUT2D eigenvalue weighted by molar-refractivity contribution is -0.135. The van der Waals surface area contributed by atoms with Crippen LogP contribution in [0.3, 0.4) is 0 Å². The first kappa shape index (κ1) is 24.9. The van der Waals surface area contributed by atoms with E-state index in [0.717, 1.165) is 11.3 Å². The summed E-state index contributed by atoms with van der Waals surface area (Å²) < 4.78 is 5.46. The summed E-state index contributed by atoms with van der Waals surface area (Å²) in [6.07, 6.45) is 2.60. The van der Waals surface area contributed by atoms with Gasteiger partial charge in [0.05, 0.1) is 6.54 Å². The third-order valence-corrected chi connectivity index (χ3v) is 6.71. The fourth-order valence-corrected chi connectivity index (χ4v) is 4.47.